The molecule has 1 aliphatic rings. The summed E-state index contributed by atoms with van der Waals surface area (Å²) < 4.78 is 16.5. The van der Waals surface area contributed by atoms with E-state index in [9.17, 15) is 14.7 Å². The normalized spacial score (nSPS) is 18.7. The number of hydrogen-bond donors (Lipinski definition) is 4. The molecule has 5 atom stereocenters. The number of carbonyl (C=O) groups is 2. The minimum absolute atomic E-state index is 0.0168. The van der Waals surface area contributed by atoms with Gasteiger partial charge in [-0.25, -0.2) is 0 Å². The number of rotatable bonds is 17. The van der Waals surface area contributed by atoms with Crippen LogP contribution in [0.25, 0.3) is 0 Å². The van der Waals surface area contributed by atoms with Gasteiger partial charge in [-0.15, -0.1) is 0 Å². The highest BCUT2D eigenvalue weighted by molar-refractivity contribution is 5.80. The SMILES string of the molecule is COCCCOc1cc(C[C@@H](C[C@H](N)[C@@H](O)C[C@@H](C)C(=O)NCC2CCC(=O)N2)C(C)C)ccc1OC. The predicted octanol–water partition coefficient (Wildman–Crippen LogP) is 2.42. The van der Waals surface area contributed by atoms with Crippen LogP contribution in [-0.4, -0.2) is 69.1 Å². The van der Waals surface area contributed by atoms with Gasteiger partial charge in [0.15, 0.2) is 11.5 Å². The molecule has 0 aromatic heterocycles. The first-order valence-electron chi connectivity index (χ1n) is 13.4. The van der Waals surface area contributed by atoms with E-state index >= 15 is 0 Å². The zero-order chi connectivity index (χ0) is 27.4. The first-order valence-corrected chi connectivity index (χ1v) is 13.4. The number of ether oxygens (including phenoxy) is 3. The standard InChI is InChI=1S/C28H47N3O6/c1-18(2)21(14-20-7-9-25(36-5)26(15-20)37-12-6-11-35-4)16-23(29)24(32)13-19(3)28(34)30-17-22-8-10-27(33)31-22/h7,9,15,18-19,21-24,32H,6,8,10-14,16-17,29H2,1-5H3,(H,30,34)(H,31,33)/t19-,21+,22?,23+,24+/m1/s1. The Hall–Kier alpha value is -2.36. The molecule has 5 N–H and O–H groups in total. The second-order valence-corrected chi connectivity index (χ2v) is 10.5. The maximum atomic E-state index is 12.5. The molecule has 0 spiro atoms. The van der Waals surface area contributed by atoms with Crippen LogP contribution in [0.4, 0.5) is 0 Å². The molecular formula is C28H47N3O6. The molecule has 1 aromatic rings. The Labute approximate surface area is 221 Å². The Balaban J connectivity index is 1.89. The highest BCUT2D eigenvalue weighted by Gasteiger charge is 2.27. The quantitative estimate of drug-likeness (QED) is 0.232. The Morgan fingerprint density at radius 3 is 2.57 bits per heavy atom. The maximum absolute atomic E-state index is 12.5. The van der Waals surface area contributed by atoms with Crippen molar-refractivity contribution in [3.8, 4) is 11.5 Å². The van der Waals surface area contributed by atoms with Crippen LogP contribution in [0.2, 0.25) is 0 Å². The summed E-state index contributed by atoms with van der Waals surface area (Å²) in [6.07, 6.45) is 2.95. The molecule has 1 aliphatic heterocycles. The second-order valence-electron chi connectivity index (χ2n) is 10.5. The third kappa shape index (κ3) is 10.5. The van der Waals surface area contributed by atoms with Crippen LogP contribution in [0.15, 0.2) is 18.2 Å². The lowest BCUT2D eigenvalue weighted by Crippen LogP contribution is -2.43. The number of methoxy groups -OCH3 is 2. The van der Waals surface area contributed by atoms with Gasteiger partial charge in [0.1, 0.15) is 0 Å². The van der Waals surface area contributed by atoms with Crippen LogP contribution in [0.3, 0.4) is 0 Å². The minimum Gasteiger partial charge on any atom is -0.493 e. The molecule has 1 saturated heterocycles. The van der Waals surface area contributed by atoms with E-state index in [1.54, 1.807) is 21.1 Å². The smallest absolute Gasteiger partial charge is 0.223 e. The fourth-order valence-corrected chi connectivity index (χ4v) is 4.62. The van der Waals surface area contributed by atoms with Gasteiger partial charge in [0.25, 0.3) is 0 Å². The maximum Gasteiger partial charge on any atom is 0.223 e. The number of carbonyl (C=O) groups excluding carboxylic acids is 2. The number of amides is 2. The van der Waals surface area contributed by atoms with Gasteiger partial charge in [-0.1, -0.05) is 26.8 Å². The molecular weight excluding hydrogens is 474 g/mol. The van der Waals surface area contributed by atoms with Crippen molar-refractivity contribution < 1.29 is 28.9 Å². The summed E-state index contributed by atoms with van der Waals surface area (Å²) in [5, 5.41) is 16.5. The summed E-state index contributed by atoms with van der Waals surface area (Å²) in [6, 6.07) is 5.51. The van der Waals surface area contributed by atoms with Crippen LogP contribution in [-0.2, 0) is 20.7 Å². The Kier molecular flexibility index (Phi) is 13.2. The van der Waals surface area contributed by atoms with Gasteiger partial charge in [-0.2, -0.15) is 0 Å². The van der Waals surface area contributed by atoms with Gasteiger partial charge in [0.2, 0.25) is 11.8 Å². The first-order chi connectivity index (χ1) is 17.6. The molecule has 9 nitrogen and oxygen atoms in total. The van der Waals surface area contributed by atoms with Gasteiger partial charge >= 0.3 is 0 Å². The molecule has 0 bridgehead atoms. The number of aliphatic hydroxyl groups excluding tert-OH is 1. The van der Waals surface area contributed by atoms with Crippen molar-refractivity contribution in [2.45, 2.75) is 77.5 Å². The van der Waals surface area contributed by atoms with E-state index in [1.165, 1.54) is 0 Å². The number of benzene rings is 1. The summed E-state index contributed by atoms with van der Waals surface area (Å²) in [5.41, 5.74) is 7.55. The average molecular weight is 522 g/mol. The second kappa shape index (κ2) is 15.8. The van der Waals surface area contributed by atoms with Crippen LogP contribution in [0, 0.1) is 17.8 Å². The molecule has 1 unspecified atom stereocenters. The molecule has 37 heavy (non-hydrogen) atoms. The first kappa shape index (κ1) is 30.9. The third-order valence-electron chi connectivity index (χ3n) is 7.14. The minimum atomic E-state index is -0.788. The van der Waals surface area contributed by atoms with Crippen molar-refractivity contribution in [1.29, 1.82) is 0 Å². The van der Waals surface area contributed by atoms with Crippen LogP contribution in [0.1, 0.15) is 58.4 Å². The molecule has 1 aromatic carbocycles. The van der Waals surface area contributed by atoms with Crippen molar-refractivity contribution >= 4 is 11.8 Å². The molecule has 1 fully saturated rings. The Bertz CT molecular complexity index is 849. The fraction of sp³-hybridized carbons (Fsp3) is 0.714. The topological polar surface area (TPSA) is 132 Å². The molecule has 210 valence electrons. The fourth-order valence-electron chi connectivity index (χ4n) is 4.62. The van der Waals surface area contributed by atoms with Gasteiger partial charge in [-0.3, -0.25) is 9.59 Å². The molecule has 0 aliphatic carbocycles. The number of nitrogens with one attached hydrogen (secondary N) is 2. The van der Waals surface area contributed by atoms with Gasteiger partial charge in [0, 0.05) is 51.1 Å². The molecule has 2 amide bonds. The van der Waals surface area contributed by atoms with E-state index in [0.29, 0.717) is 50.0 Å². The van der Waals surface area contributed by atoms with Crippen LogP contribution in [0.5, 0.6) is 11.5 Å². The summed E-state index contributed by atoms with van der Waals surface area (Å²) >= 11 is 0. The van der Waals surface area contributed by atoms with Crippen molar-refractivity contribution in [3.05, 3.63) is 23.8 Å². The molecule has 0 saturated carbocycles. The summed E-state index contributed by atoms with van der Waals surface area (Å²) in [5.74, 6) is 1.51. The summed E-state index contributed by atoms with van der Waals surface area (Å²) in [7, 11) is 3.30. The predicted molar refractivity (Wildman–Crippen MR) is 144 cm³/mol. The largest absolute Gasteiger partial charge is 0.493 e. The van der Waals surface area contributed by atoms with Gasteiger partial charge in [0.05, 0.1) is 19.8 Å². The molecule has 0 radical (unpaired) electrons. The van der Waals surface area contributed by atoms with E-state index in [1.807, 2.05) is 18.2 Å². The summed E-state index contributed by atoms with van der Waals surface area (Å²) in [6.45, 7) is 7.70. The monoisotopic (exact) mass is 521 g/mol. The zero-order valence-corrected chi connectivity index (χ0v) is 23.1. The number of hydrogen-bond acceptors (Lipinski definition) is 7. The molecule has 2 rings (SSSR count). The third-order valence-corrected chi connectivity index (χ3v) is 7.14. The molecule has 1 heterocycles. The highest BCUT2D eigenvalue weighted by Crippen LogP contribution is 2.31. The van der Waals surface area contributed by atoms with Crippen LogP contribution >= 0.6 is 0 Å². The Morgan fingerprint density at radius 1 is 1.19 bits per heavy atom. The highest BCUT2D eigenvalue weighted by atomic mass is 16.5. The Morgan fingerprint density at radius 2 is 1.95 bits per heavy atom. The van der Waals surface area contributed by atoms with Crippen LogP contribution < -0.4 is 25.8 Å². The lowest BCUT2D eigenvalue weighted by atomic mass is 9.82. The summed E-state index contributed by atoms with van der Waals surface area (Å²) in [4.78, 5) is 23.8. The van der Waals surface area contributed by atoms with E-state index in [-0.39, 0.29) is 36.1 Å². The van der Waals surface area contributed by atoms with Crippen molar-refractivity contribution in [2.75, 3.05) is 34.0 Å². The zero-order valence-electron chi connectivity index (χ0n) is 23.1. The lowest BCUT2D eigenvalue weighted by Gasteiger charge is -2.28. The lowest BCUT2D eigenvalue weighted by molar-refractivity contribution is -0.126. The number of aliphatic hydroxyl groups is 1. The van der Waals surface area contributed by atoms with Crippen molar-refractivity contribution in [2.24, 2.45) is 23.5 Å². The van der Waals surface area contributed by atoms with Gasteiger partial charge < -0.3 is 35.7 Å². The average Bonchev–Trinajstić information content (AvgIpc) is 3.29. The van der Waals surface area contributed by atoms with Crippen molar-refractivity contribution in [1.82, 2.24) is 10.6 Å². The van der Waals surface area contributed by atoms with Crippen molar-refractivity contribution in [3.63, 3.8) is 0 Å². The van der Waals surface area contributed by atoms with E-state index in [4.69, 9.17) is 19.9 Å². The number of nitrogens with two attached hydrogens (primary N) is 1. The molecule has 9 heteroatoms. The van der Waals surface area contributed by atoms with E-state index in [0.717, 1.165) is 24.8 Å². The van der Waals surface area contributed by atoms with E-state index in [2.05, 4.69) is 24.5 Å². The van der Waals surface area contributed by atoms with Gasteiger partial charge in [-0.05, 0) is 55.2 Å². The van der Waals surface area contributed by atoms with E-state index < -0.39 is 12.1 Å².